The predicted molar refractivity (Wildman–Crippen MR) is 71.7 cm³/mol. The van der Waals surface area contributed by atoms with Crippen LogP contribution < -0.4 is 0 Å². The predicted octanol–water partition coefficient (Wildman–Crippen LogP) is 3.34. The van der Waals surface area contributed by atoms with E-state index >= 15 is 0 Å². The van der Waals surface area contributed by atoms with Gasteiger partial charge in [0.1, 0.15) is 0 Å². The van der Waals surface area contributed by atoms with Gasteiger partial charge in [0.15, 0.2) is 0 Å². The molecule has 0 fully saturated rings. The summed E-state index contributed by atoms with van der Waals surface area (Å²) < 4.78 is 0. The molecule has 0 unspecified atom stereocenters. The Bertz CT molecular complexity index is 422. The maximum Gasteiger partial charge on any atom is 0.0991 e. The summed E-state index contributed by atoms with van der Waals surface area (Å²) in [5.41, 5.74) is 3.56. The normalized spacial score (nSPS) is 11.6. The standard InChI is InChI=1S/C15H22N2/c1-12-8-13(9-16)6-7-14(12)10-17(5)11-15(2,3)4/h6-8H,10-11H2,1-5H3. The van der Waals surface area contributed by atoms with Crippen molar-refractivity contribution in [3.8, 4) is 6.07 Å². The van der Waals surface area contributed by atoms with E-state index in [0.717, 1.165) is 18.7 Å². The zero-order valence-corrected chi connectivity index (χ0v) is 11.5. The highest BCUT2D eigenvalue weighted by atomic mass is 15.1. The minimum absolute atomic E-state index is 0.315. The molecule has 17 heavy (non-hydrogen) atoms. The van der Waals surface area contributed by atoms with E-state index in [1.807, 2.05) is 12.1 Å². The van der Waals surface area contributed by atoms with Crippen molar-refractivity contribution in [1.29, 1.82) is 5.26 Å². The van der Waals surface area contributed by atoms with Gasteiger partial charge in [0.2, 0.25) is 0 Å². The van der Waals surface area contributed by atoms with Crippen LogP contribution in [0.15, 0.2) is 18.2 Å². The lowest BCUT2D eigenvalue weighted by Crippen LogP contribution is -2.29. The zero-order valence-electron chi connectivity index (χ0n) is 11.5. The molecule has 0 atom stereocenters. The van der Waals surface area contributed by atoms with Crippen LogP contribution in [0.25, 0.3) is 0 Å². The smallest absolute Gasteiger partial charge is 0.0991 e. The Morgan fingerprint density at radius 1 is 1.29 bits per heavy atom. The van der Waals surface area contributed by atoms with E-state index in [1.165, 1.54) is 11.1 Å². The fourth-order valence-corrected chi connectivity index (χ4v) is 2.10. The first-order chi connectivity index (χ1) is 7.81. The third-order valence-electron chi connectivity index (χ3n) is 2.66. The van der Waals surface area contributed by atoms with Crippen molar-refractivity contribution in [2.24, 2.45) is 5.41 Å². The average Bonchev–Trinajstić information content (AvgIpc) is 2.18. The lowest BCUT2D eigenvalue weighted by molar-refractivity contribution is 0.220. The van der Waals surface area contributed by atoms with Crippen molar-refractivity contribution >= 4 is 0 Å². The highest BCUT2D eigenvalue weighted by Crippen LogP contribution is 2.17. The molecule has 0 saturated heterocycles. The molecule has 2 heteroatoms. The van der Waals surface area contributed by atoms with Gasteiger partial charge < -0.3 is 4.90 Å². The van der Waals surface area contributed by atoms with Gasteiger partial charge >= 0.3 is 0 Å². The SMILES string of the molecule is Cc1cc(C#N)ccc1CN(C)CC(C)(C)C. The molecule has 0 aromatic heterocycles. The summed E-state index contributed by atoms with van der Waals surface area (Å²) >= 11 is 0. The summed E-state index contributed by atoms with van der Waals surface area (Å²) in [5.74, 6) is 0. The second kappa shape index (κ2) is 5.33. The number of hydrogen-bond acceptors (Lipinski definition) is 2. The monoisotopic (exact) mass is 230 g/mol. The second-order valence-corrected chi connectivity index (χ2v) is 5.99. The summed E-state index contributed by atoms with van der Waals surface area (Å²) in [6.07, 6.45) is 0. The van der Waals surface area contributed by atoms with Crippen LogP contribution in [0.3, 0.4) is 0 Å². The van der Waals surface area contributed by atoms with Crippen LogP contribution in [0.5, 0.6) is 0 Å². The molecule has 0 radical (unpaired) electrons. The van der Waals surface area contributed by atoms with Crippen molar-refractivity contribution in [2.75, 3.05) is 13.6 Å². The van der Waals surface area contributed by atoms with Gasteiger partial charge in [-0.2, -0.15) is 5.26 Å². The quantitative estimate of drug-likeness (QED) is 0.796. The number of aryl methyl sites for hydroxylation is 1. The van der Waals surface area contributed by atoms with Crippen LogP contribution in [0.1, 0.15) is 37.5 Å². The minimum Gasteiger partial charge on any atom is -0.302 e. The Morgan fingerprint density at radius 3 is 2.41 bits per heavy atom. The molecule has 92 valence electrons. The Labute approximate surface area is 105 Å². The van der Waals surface area contributed by atoms with Gasteiger partial charge in [0.05, 0.1) is 11.6 Å². The Hall–Kier alpha value is -1.33. The largest absolute Gasteiger partial charge is 0.302 e. The maximum atomic E-state index is 8.83. The number of nitrogens with zero attached hydrogens (tertiary/aromatic N) is 2. The van der Waals surface area contributed by atoms with E-state index in [0.29, 0.717) is 5.41 Å². The highest BCUT2D eigenvalue weighted by Gasteiger charge is 2.14. The number of nitriles is 1. The molecule has 0 aliphatic rings. The third kappa shape index (κ3) is 4.58. The molecule has 0 amide bonds. The maximum absolute atomic E-state index is 8.83. The number of hydrogen-bond donors (Lipinski definition) is 0. The molecule has 0 aliphatic carbocycles. The van der Waals surface area contributed by atoms with E-state index in [2.05, 4.69) is 51.8 Å². The fourth-order valence-electron chi connectivity index (χ4n) is 2.10. The lowest BCUT2D eigenvalue weighted by Gasteiger charge is -2.27. The van der Waals surface area contributed by atoms with Crippen molar-refractivity contribution in [3.05, 3.63) is 34.9 Å². The van der Waals surface area contributed by atoms with Gasteiger partial charge in [-0.15, -0.1) is 0 Å². The third-order valence-corrected chi connectivity index (χ3v) is 2.66. The molecule has 0 saturated carbocycles. The zero-order chi connectivity index (χ0) is 13.1. The van der Waals surface area contributed by atoms with Crippen LogP contribution in [-0.4, -0.2) is 18.5 Å². The summed E-state index contributed by atoms with van der Waals surface area (Å²) in [6, 6.07) is 8.09. The summed E-state index contributed by atoms with van der Waals surface area (Å²) in [4.78, 5) is 2.33. The second-order valence-electron chi connectivity index (χ2n) is 5.99. The molecule has 0 heterocycles. The molecule has 2 nitrogen and oxygen atoms in total. The van der Waals surface area contributed by atoms with E-state index in [-0.39, 0.29) is 0 Å². The lowest BCUT2D eigenvalue weighted by atomic mass is 9.96. The fraction of sp³-hybridized carbons (Fsp3) is 0.533. The van der Waals surface area contributed by atoms with Crippen molar-refractivity contribution in [3.63, 3.8) is 0 Å². The number of rotatable bonds is 3. The van der Waals surface area contributed by atoms with Crippen molar-refractivity contribution < 1.29 is 0 Å². The average molecular weight is 230 g/mol. The topological polar surface area (TPSA) is 27.0 Å². The summed E-state index contributed by atoms with van der Waals surface area (Å²) in [7, 11) is 2.14. The Balaban J connectivity index is 2.73. The first-order valence-electron chi connectivity index (χ1n) is 6.00. The van der Waals surface area contributed by atoms with Gasteiger partial charge in [0, 0.05) is 13.1 Å². The Morgan fingerprint density at radius 2 is 1.94 bits per heavy atom. The summed E-state index contributed by atoms with van der Waals surface area (Å²) in [6.45, 7) is 10.8. The van der Waals surface area contributed by atoms with Crippen LogP contribution in [-0.2, 0) is 6.54 Å². The minimum atomic E-state index is 0.315. The van der Waals surface area contributed by atoms with Gasteiger partial charge in [-0.3, -0.25) is 0 Å². The van der Waals surface area contributed by atoms with Crippen molar-refractivity contribution in [1.82, 2.24) is 4.90 Å². The van der Waals surface area contributed by atoms with Gasteiger partial charge in [0.25, 0.3) is 0 Å². The van der Waals surface area contributed by atoms with Crippen molar-refractivity contribution in [2.45, 2.75) is 34.2 Å². The van der Waals surface area contributed by atoms with Crippen LogP contribution in [0.2, 0.25) is 0 Å². The van der Waals surface area contributed by atoms with Crippen LogP contribution in [0.4, 0.5) is 0 Å². The first kappa shape index (κ1) is 13.7. The number of benzene rings is 1. The molecule has 0 bridgehead atoms. The first-order valence-corrected chi connectivity index (χ1v) is 6.00. The van der Waals surface area contributed by atoms with Gasteiger partial charge in [-0.25, -0.2) is 0 Å². The highest BCUT2D eigenvalue weighted by molar-refractivity contribution is 5.37. The van der Waals surface area contributed by atoms with Crippen LogP contribution >= 0.6 is 0 Å². The van der Waals surface area contributed by atoms with E-state index in [4.69, 9.17) is 5.26 Å². The van der Waals surface area contributed by atoms with Gasteiger partial charge in [-0.05, 0) is 42.6 Å². The van der Waals surface area contributed by atoms with Crippen LogP contribution in [0, 0.1) is 23.7 Å². The molecule has 1 aromatic carbocycles. The molecule has 0 N–H and O–H groups in total. The molecular weight excluding hydrogens is 208 g/mol. The summed E-state index contributed by atoms with van der Waals surface area (Å²) in [5, 5.41) is 8.83. The van der Waals surface area contributed by atoms with E-state index in [9.17, 15) is 0 Å². The Kier molecular flexibility index (Phi) is 4.31. The molecule has 0 spiro atoms. The molecular formula is C15H22N2. The molecule has 0 aliphatic heterocycles. The molecule has 1 rings (SSSR count). The van der Waals surface area contributed by atoms with Gasteiger partial charge in [-0.1, -0.05) is 26.8 Å². The van der Waals surface area contributed by atoms with E-state index < -0.39 is 0 Å². The van der Waals surface area contributed by atoms with E-state index in [1.54, 1.807) is 0 Å². The molecule has 1 aromatic rings.